The number of pyridine rings is 1. The average Bonchev–Trinajstić information content (AvgIpc) is 2.96. The number of likely N-dealkylation sites (tertiary alicyclic amines) is 1. The molecule has 1 aliphatic heterocycles. The fourth-order valence-electron chi connectivity index (χ4n) is 2.31. The summed E-state index contributed by atoms with van der Waals surface area (Å²) < 4.78 is 0. The van der Waals surface area contributed by atoms with E-state index in [2.05, 4.69) is 15.2 Å². The van der Waals surface area contributed by atoms with Gasteiger partial charge >= 0.3 is 5.69 Å². The summed E-state index contributed by atoms with van der Waals surface area (Å²) in [6, 6.07) is 3.10. The molecule has 1 N–H and O–H groups in total. The number of aromatic nitrogens is 1. The molecule has 0 saturated carbocycles. The third kappa shape index (κ3) is 3.65. The monoisotopic (exact) mass is 275 g/mol. The van der Waals surface area contributed by atoms with Crippen LogP contribution in [0.3, 0.4) is 0 Å². The third-order valence-electron chi connectivity index (χ3n) is 3.34. The number of anilines is 1. The second-order valence-electron chi connectivity index (χ2n) is 4.79. The van der Waals surface area contributed by atoms with Crippen LogP contribution in [0.4, 0.5) is 11.5 Å². The molecule has 1 aliphatic rings. The van der Waals surface area contributed by atoms with Gasteiger partial charge in [0.1, 0.15) is 6.07 Å². The lowest BCUT2D eigenvalue weighted by molar-refractivity contribution is -0.384. The Kier molecular flexibility index (Phi) is 4.85. The van der Waals surface area contributed by atoms with E-state index in [4.69, 9.17) is 5.26 Å². The van der Waals surface area contributed by atoms with Crippen molar-refractivity contribution in [3.05, 3.63) is 27.9 Å². The summed E-state index contributed by atoms with van der Waals surface area (Å²) in [5.74, 6) is 0.232. The zero-order valence-corrected chi connectivity index (χ0v) is 11.2. The first-order valence-electron chi connectivity index (χ1n) is 6.71. The Morgan fingerprint density at radius 1 is 1.50 bits per heavy atom. The Labute approximate surface area is 117 Å². The first-order chi connectivity index (χ1) is 9.70. The van der Waals surface area contributed by atoms with Gasteiger partial charge in [-0.05, 0) is 38.9 Å². The van der Waals surface area contributed by atoms with Crippen LogP contribution in [-0.2, 0) is 0 Å². The molecule has 0 unspecified atom stereocenters. The standard InChI is InChI=1S/C13H17N5O2/c14-9-11-8-12(18(19)20)13(16-10-11)15-4-3-7-17-5-1-2-6-17/h8,10H,1-7H2,(H,15,16). The predicted molar refractivity (Wildman–Crippen MR) is 74.4 cm³/mol. The Bertz CT molecular complexity index is 520. The van der Waals surface area contributed by atoms with Crippen molar-refractivity contribution in [3.63, 3.8) is 0 Å². The van der Waals surface area contributed by atoms with E-state index in [-0.39, 0.29) is 17.1 Å². The van der Waals surface area contributed by atoms with Gasteiger partial charge in [0.25, 0.3) is 0 Å². The lowest BCUT2D eigenvalue weighted by Crippen LogP contribution is -2.22. The summed E-state index contributed by atoms with van der Waals surface area (Å²) in [6.45, 7) is 3.93. The van der Waals surface area contributed by atoms with Crippen LogP contribution >= 0.6 is 0 Å². The van der Waals surface area contributed by atoms with Crippen molar-refractivity contribution in [1.29, 1.82) is 5.26 Å². The molecule has 2 heterocycles. The third-order valence-corrected chi connectivity index (χ3v) is 3.34. The second kappa shape index (κ2) is 6.82. The topological polar surface area (TPSA) is 95.1 Å². The molecule has 1 aromatic heterocycles. The number of nitrogens with one attached hydrogen (secondary N) is 1. The molecule has 1 fully saturated rings. The normalized spacial score (nSPS) is 14.9. The number of hydrogen-bond donors (Lipinski definition) is 1. The molecule has 0 bridgehead atoms. The molecule has 0 atom stereocenters. The van der Waals surface area contributed by atoms with Crippen molar-refractivity contribution in [3.8, 4) is 6.07 Å². The molecule has 0 amide bonds. The molecule has 2 rings (SSSR count). The minimum atomic E-state index is -0.517. The quantitative estimate of drug-likeness (QED) is 0.483. The average molecular weight is 275 g/mol. The molecule has 7 nitrogen and oxygen atoms in total. The van der Waals surface area contributed by atoms with Gasteiger partial charge in [0, 0.05) is 18.8 Å². The summed E-state index contributed by atoms with van der Waals surface area (Å²) in [5.41, 5.74) is 0.0459. The van der Waals surface area contributed by atoms with Crippen molar-refractivity contribution >= 4 is 11.5 Å². The highest BCUT2D eigenvalue weighted by Gasteiger charge is 2.16. The first-order valence-corrected chi connectivity index (χ1v) is 6.71. The molecule has 7 heteroatoms. The molecular formula is C13H17N5O2. The van der Waals surface area contributed by atoms with Crippen LogP contribution in [0.2, 0.25) is 0 Å². The zero-order chi connectivity index (χ0) is 14.4. The van der Waals surface area contributed by atoms with Crippen molar-refractivity contribution in [2.75, 3.05) is 31.5 Å². The SMILES string of the molecule is N#Cc1cnc(NCCCN2CCCC2)c([N+](=O)[O-])c1. The summed E-state index contributed by atoms with van der Waals surface area (Å²) in [5, 5.41) is 22.7. The Morgan fingerprint density at radius 2 is 2.25 bits per heavy atom. The maximum Gasteiger partial charge on any atom is 0.312 e. The minimum absolute atomic E-state index is 0.148. The summed E-state index contributed by atoms with van der Waals surface area (Å²) in [7, 11) is 0. The number of nitriles is 1. The van der Waals surface area contributed by atoms with Crippen LogP contribution in [0.15, 0.2) is 12.3 Å². The van der Waals surface area contributed by atoms with Gasteiger partial charge in [0.2, 0.25) is 5.82 Å². The maximum atomic E-state index is 10.9. The Hall–Kier alpha value is -2.20. The van der Waals surface area contributed by atoms with Crippen LogP contribution in [0, 0.1) is 21.4 Å². The molecule has 106 valence electrons. The molecule has 0 aromatic carbocycles. The highest BCUT2D eigenvalue weighted by molar-refractivity contribution is 5.58. The van der Waals surface area contributed by atoms with Crippen molar-refractivity contribution < 1.29 is 4.92 Å². The van der Waals surface area contributed by atoms with Crippen molar-refractivity contribution in [2.45, 2.75) is 19.3 Å². The summed E-state index contributed by atoms with van der Waals surface area (Å²) in [4.78, 5) is 16.8. The number of nitrogens with zero attached hydrogens (tertiary/aromatic N) is 4. The van der Waals surface area contributed by atoms with E-state index >= 15 is 0 Å². The molecule has 1 aromatic rings. The van der Waals surface area contributed by atoms with Crippen LogP contribution in [0.1, 0.15) is 24.8 Å². The van der Waals surface area contributed by atoms with E-state index in [0.717, 1.165) is 26.1 Å². The van der Waals surface area contributed by atoms with Crippen molar-refractivity contribution in [2.24, 2.45) is 0 Å². The van der Waals surface area contributed by atoms with Gasteiger partial charge in [0.15, 0.2) is 0 Å². The fraction of sp³-hybridized carbons (Fsp3) is 0.538. The minimum Gasteiger partial charge on any atom is -0.364 e. The summed E-state index contributed by atoms with van der Waals surface area (Å²) >= 11 is 0. The summed E-state index contributed by atoms with van der Waals surface area (Å²) in [6.07, 6.45) is 4.78. The van der Waals surface area contributed by atoms with E-state index in [1.807, 2.05) is 6.07 Å². The van der Waals surface area contributed by atoms with Gasteiger partial charge in [0.05, 0.1) is 10.5 Å². The van der Waals surface area contributed by atoms with Crippen LogP contribution < -0.4 is 5.32 Å². The molecular weight excluding hydrogens is 258 g/mol. The van der Waals surface area contributed by atoms with Gasteiger partial charge in [-0.2, -0.15) is 5.26 Å². The van der Waals surface area contributed by atoms with Gasteiger partial charge < -0.3 is 10.2 Å². The lowest BCUT2D eigenvalue weighted by Gasteiger charge is -2.14. The number of hydrogen-bond acceptors (Lipinski definition) is 6. The lowest BCUT2D eigenvalue weighted by atomic mass is 10.2. The molecule has 0 radical (unpaired) electrons. The van der Waals surface area contributed by atoms with Crippen LogP contribution in [-0.4, -0.2) is 41.0 Å². The van der Waals surface area contributed by atoms with E-state index in [1.165, 1.54) is 25.1 Å². The second-order valence-corrected chi connectivity index (χ2v) is 4.79. The number of rotatable bonds is 6. The number of nitro groups is 1. The molecule has 0 aliphatic carbocycles. The van der Waals surface area contributed by atoms with Crippen LogP contribution in [0.5, 0.6) is 0 Å². The van der Waals surface area contributed by atoms with E-state index in [0.29, 0.717) is 6.54 Å². The van der Waals surface area contributed by atoms with E-state index < -0.39 is 4.92 Å². The van der Waals surface area contributed by atoms with Gasteiger partial charge in [-0.1, -0.05) is 0 Å². The van der Waals surface area contributed by atoms with Crippen LogP contribution in [0.25, 0.3) is 0 Å². The fourth-order valence-corrected chi connectivity index (χ4v) is 2.31. The molecule has 20 heavy (non-hydrogen) atoms. The highest BCUT2D eigenvalue weighted by atomic mass is 16.6. The first kappa shape index (κ1) is 14.2. The van der Waals surface area contributed by atoms with Gasteiger partial charge in [-0.3, -0.25) is 10.1 Å². The van der Waals surface area contributed by atoms with Gasteiger partial charge in [-0.25, -0.2) is 4.98 Å². The van der Waals surface area contributed by atoms with Gasteiger partial charge in [-0.15, -0.1) is 0 Å². The maximum absolute atomic E-state index is 10.9. The van der Waals surface area contributed by atoms with E-state index in [1.54, 1.807) is 0 Å². The largest absolute Gasteiger partial charge is 0.364 e. The smallest absolute Gasteiger partial charge is 0.312 e. The highest BCUT2D eigenvalue weighted by Crippen LogP contribution is 2.22. The zero-order valence-electron chi connectivity index (χ0n) is 11.2. The molecule has 0 spiro atoms. The Balaban J connectivity index is 1.88. The molecule has 1 saturated heterocycles. The van der Waals surface area contributed by atoms with E-state index in [9.17, 15) is 10.1 Å². The Morgan fingerprint density at radius 3 is 2.90 bits per heavy atom. The predicted octanol–water partition coefficient (Wildman–Crippen LogP) is 1.76. The van der Waals surface area contributed by atoms with Crippen molar-refractivity contribution in [1.82, 2.24) is 9.88 Å².